The molecule has 1 atom stereocenters. The standard InChI is InChI=1S/C13H15N3OS2/c17-12(10-3-6-18-9-10)15-8-11-2-1-5-16(11)13-14-4-7-19-13/h3-4,6-7,9,11H,1-2,5,8H2,(H,15,17). The minimum atomic E-state index is 0.0206. The van der Waals surface area contributed by atoms with Gasteiger partial charge in [0.25, 0.3) is 5.91 Å². The summed E-state index contributed by atoms with van der Waals surface area (Å²) in [6.45, 7) is 1.72. The molecule has 3 heterocycles. The lowest BCUT2D eigenvalue weighted by atomic mass is 10.2. The van der Waals surface area contributed by atoms with E-state index >= 15 is 0 Å². The van der Waals surface area contributed by atoms with Crippen molar-refractivity contribution < 1.29 is 4.79 Å². The quantitative estimate of drug-likeness (QED) is 0.942. The first-order valence-corrected chi connectivity index (χ1v) is 8.13. The van der Waals surface area contributed by atoms with Gasteiger partial charge in [-0.1, -0.05) is 0 Å². The summed E-state index contributed by atoms with van der Waals surface area (Å²) in [6, 6.07) is 2.22. The van der Waals surface area contributed by atoms with E-state index in [1.54, 1.807) is 22.7 Å². The minimum absolute atomic E-state index is 0.0206. The molecule has 0 radical (unpaired) electrons. The second kappa shape index (κ2) is 5.71. The largest absolute Gasteiger partial charge is 0.350 e. The van der Waals surface area contributed by atoms with E-state index in [0.29, 0.717) is 12.6 Å². The zero-order valence-corrected chi connectivity index (χ0v) is 12.0. The third kappa shape index (κ3) is 2.79. The van der Waals surface area contributed by atoms with E-state index in [1.807, 2.05) is 28.4 Å². The van der Waals surface area contributed by atoms with Crippen LogP contribution in [-0.4, -0.2) is 30.0 Å². The highest BCUT2D eigenvalue weighted by Crippen LogP contribution is 2.26. The molecule has 1 amide bonds. The van der Waals surface area contributed by atoms with Crippen LogP contribution in [0, 0.1) is 0 Å². The normalized spacial score (nSPS) is 18.7. The van der Waals surface area contributed by atoms with Crippen LogP contribution in [0.5, 0.6) is 0 Å². The first-order chi connectivity index (χ1) is 9.34. The number of nitrogens with one attached hydrogen (secondary N) is 1. The number of aromatic nitrogens is 1. The van der Waals surface area contributed by atoms with Crippen molar-refractivity contribution in [2.24, 2.45) is 0 Å². The fourth-order valence-corrected chi connectivity index (χ4v) is 3.74. The Hall–Kier alpha value is -1.40. The summed E-state index contributed by atoms with van der Waals surface area (Å²) in [6.07, 6.45) is 4.11. The van der Waals surface area contributed by atoms with Gasteiger partial charge in [-0.05, 0) is 24.3 Å². The highest BCUT2D eigenvalue weighted by atomic mass is 32.1. The Balaban J connectivity index is 1.59. The molecule has 100 valence electrons. The van der Waals surface area contributed by atoms with Crippen LogP contribution in [0.2, 0.25) is 0 Å². The van der Waals surface area contributed by atoms with E-state index < -0.39 is 0 Å². The SMILES string of the molecule is O=C(NCC1CCCN1c1nccs1)c1ccsc1. The van der Waals surface area contributed by atoms with Gasteiger partial charge >= 0.3 is 0 Å². The maximum Gasteiger partial charge on any atom is 0.252 e. The molecule has 0 saturated carbocycles. The zero-order chi connectivity index (χ0) is 13.1. The molecule has 1 aliphatic heterocycles. The number of rotatable bonds is 4. The second-order valence-electron chi connectivity index (χ2n) is 4.53. The van der Waals surface area contributed by atoms with Gasteiger partial charge in [0.15, 0.2) is 5.13 Å². The Morgan fingerprint density at radius 1 is 1.53 bits per heavy atom. The average Bonchev–Trinajstić information content (AvgIpc) is 3.14. The highest BCUT2D eigenvalue weighted by molar-refractivity contribution is 7.13. The van der Waals surface area contributed by atoms with Gasteiger partial charge in [0.1, 0.15) is 0 Å². The summed E-state index contributed by atoms with van der Waals surface area (Å²) in [7, 11) is 0. The molecule has 1 N–H and O–H groups in total. The lowest BCUT2D eigenvalue weighted by molar-refractivity contribution is 0.0952. The Morgan fingerprint density at radius 2 is 2.47 bits per heavy atom. The predicted molar refractivity (Wildman–Crippen MR) is 79.1 cm³/mol. The number of nitrogens with zero attached hydrogens (tertiary/aromatic N) is 2. The van der Waals surface area contributed by atoms with Crippen molar-refractivity contribution in [1.29, 1.82) is 0 Å². The molecule has 1 fully saturated rings. The molecule has 0 aliphatic carbocycles. The number of carbonyl (C=O) groups is 1. The molecule has 3 rings (SSSR count). The average molecular weight is 293 g/mol. The number of hydrogen-bond acceptors (Lipinski definition) is 5. The van der Waals surface area contributed by atoms with Crippen molar-refractivity contribution in [3.63, 3.8) is 0 Å². The van der Waals surface area contributed by atoms with Crippen LogP contribution in [0.3, 0.4) is 0 Å². The molecule has 6 heteroatoms. The van der Waals surface area contributed by atoms with Crippen molar-refractivity contribution in [3.05, 3.63) is 34.0 Å². The van der Waals surface area contributed by atoms with Crippen LogP contribution in [0.4, 0.5) is 5.13 Å². The number of thiazole rings is 1. The summed E-state index contributed by atoms with van der Waals surface area (Å²) in [5.41, 5.74) is 0.754. The molecule has 0 bridgehead atoms. The number of thiophene rings is 1. The van der Waals surface area contributed by atoms with Gasteiger partial charge in [0.2, 0.25) is 0 Å². The third-order valence-electron chi connectivity index (χ3n) is 3.32. The summed E-state index contributed by atoms with van der Waals surface area (Å²) in [5, 5.41) is 9.88. The van der Waals surface area contributed by atoms with Crippen molar-refractivity contribution in [3.8, 4) is 0 Å². The maximum absolute atomic E-state index is 11.9. The molecular weight excluding hydrogens is 278 g/mol. The van der Waals surface area contributed by atoms with Crippen LogP contribution in [0.15, 0.2) is 28.4 Å². The van der Waals surface area contributed by atoms with Gasteiger partial charge in [0, 0.05) is 41.7 Å². The topological polar surface area (TPSA) is 45.2 Å². The van der Waals surface area contributed by atoms with Gasteiger partial charge in [-0.2, -0.15) is 11.3 Å². The van der Waals surface area contributed by atoms with Crippen molar-refractivity contribution >= 4 is 33.7 Å². The molecule has 4 nitrogen and oxygen atoms in total. The van der Waals surface area contributed by atoms with Crippen LogP contribution < -0.4 is 10.2 Å². The number of hydrogen-bond donors (Lipinski definition) is 1. The van der Waals surface area contributed by atoms with Gasteiger partial charge in [-0.25, -0.2) is 4.98 Å². The highest BCUT2D eigenvalue weighted by Gasteiger charge is 2.26. The second-order valence-corrected chi connectivity index (χ2v) is 6.18. The monoisotopic (exact) mass is 293 g/mol. The summed E-state index contributed by atoms with van der Waals surface area (Å²) in [4.78, 5) is 18.6. The van der Waals surface area contributed by atoms with Crippen LogP contribution in [0.25, 0.3) is 0 Å². The van der Waals surface area contributed by atoms with Gasteiger partial charge < -0.3 is 10.2 Å². The molecule has 19 heavy (non-hydrogen) atoms. The minimum Gasteiger partial charge on any atom is -0.350 e. The summed E-state index contributed by atoms with van der Waals surface area (Å²) < 4.78 is 0. The van der Waals surface area contributed by atoms with E-state index in [0.717, 1.165) is 23.7 Å². The van der Waals surface area contributed by atoms with E-state index in [-0.39, 0.29) is 5.91 Å². The van der Waals surface area contributed by atoms with Gasteiger partial charge in [-0.3, -0.25) is 4.79 Å². The first-order valence-electron chi connectivity index (χ1n) is 6.31. The van der Waals surface area contributed by atoms with Crippen LogP contribution >= 0.6 is 22.7 Å². The summed E-state index contributed by atoms with van der Waals surface area (Å²) in [5.74, 6) is 0.0206. The van der Waals surface area contributed by atoms with E-state index in [2.05, 4.69) is 15.2 Å². The lowest BCUT2D eigenvalue weighted by Gasteiger charge is -2.24. The number of amides is 1. The molecule has 1 unspecified atom stereocenters. The lowest BCUT2D eigenvalue weighted by Crippen LogP contribution is -2.40. The number of carbonyl (C=O) groups excluding carboxylic acids is 1. The molecule has 0 aromatic carbocycles. The van der Waals surface area contributed by atoms with E-state index in [4.69, 9.17) is 0 Å². The Labute approximate surface area is 120 Å². The van der Waals surface area contributed by atoms with E-state index in [1.165, 1.54) is 6.42 Å². The molecular formula is C13H15N3OS2. The van der Waals surface area contributed by atoms with Crippen LogP contribution in [-0.2, 0) is 0 Å². The fraction of sp³-hybridized carbons (Fsp3) is 0.385. The zero-order valence-electron chi connectivity index (χ0n) is 10.4. The maximum atomic E-state index is 11.9. The smallest absolute Gasteiger partial charge is 0.252 e. The Morgan fingerprint density at radius 3 is 3.21 bits per heavy atom. The fourth-order valence-electron chi connectivity index (χ4n) is 2.36. The molecule has 2 aromatic heterocycles. The Bertz CT molecular complexity index is 524. The molecule has 2 aromatic rings. The first kappa shape index (κ1) is 12.6. The molecule has 1 saturated heterocycles. The van der Waals surface area contributed by atoms with Crippen LogP contribution in [0.1, 0.15) is 23.2 Å². The molecule has 1 aliphatic rings. The van der Waals surface area contributed by atoms with Gasteiger partial charge in [-0.15, -0.1) is 11.3 Å². The summed E-state index contributed by atoms with van der Waals surface area (Å²) >= 11 is 3.20. The Kier molecular flexibility index (Phi) is 3.79. The predicted octanol–water partition coefficient (Wildman–Crippen LogP) is 2.60. The van der Waals surface area contributed by atoms with Gasteiger partial charge in [0.05, 0.1) is 0 Å². The third-order valence-corrected chi connectivity index (χ3v) is 4.82. The molecule has 0 spiro atoms. The van der Waals surface area contributed by atoms with Crippen molar-refractivity contribution in [1.82, 2.24) is 10.3 Å². The van der Waals surface area contributed by atoms with Crippen molar-refractivity contribution in [2.45, 2.75) is 18.9 Å². The number of anilines is 1. The van der Waals surface area contributed by atoms with E-state index in [9.17, 15) is 4.79 Å². The van der Waals surface area contributed by atoms with Crippen molar-refractivity contribution in [2.75, 3.05) is 18.0 Å².